The molecule has 3 aromatic carbocycles. The van der Waals surface area contributed by atoms with E-state index < -0.39 is 0 Å². The van der Waals surface area contributed by atoms with Gasteiger partial charge in [-0.1, -0.05) is 54.6 Å². The van der Waals surface area contributed by atoms with Crippen LogP contribution in [-0.2, 0) is 11.2 Å². The van der Waals surface area contributed by atoms with Crippen molar-refractivity contribution in [2.75, 3.05) is 6.54 Å². The van der Waals surface area contributed by atoms with Crippen LogP contribution in [0.15, 0.2) is 66.7 Å². The van der Waals surface area contributed by atoms with Crippen molar-refractivity contribution in [3.05, 3.63) is 77.9 Å². The van der Waals surface area contributed by atoms with Crippen molar-refractivity contribution in [1.29, 1.82) is 0 Å². The number of amides is 1. The van der Waals surface area contributed by atoms with Crippen molar-refractivity contribution >= 4 is 16.7 Å². The minimum absolute atomic E-state index is 0.139. The highest BCUT2D eigenvalue weighted by Crippen LogP contribution is 2.33. The van der Waals surface area contributed by atoms with Crippen LogP contribution in [0.1, 0.15) is 36.4 Å². The minimum Gasteiger partial charge on any atom is -0.508 e. The van der Waals surface area contributed by atoms with Gasteiger partial charge in [-0.15, -0.1) is 0 Å². The van der Waals surface area contributed by atoms with Crippen LogP contribution in [-0.4, -0.2) is 22.5 Å². The largest absolute Gasteiger partial charge is 0.508 e. The molecule has 0 spiro atoms. The summed E-state index contributed by atoms with van der Waals surface area (Å²) in [6.45, 7) is 0.822. The van der Waals surface area contributed by atoms with E-state index in [1.165, 1.54) is 16.3 Å². The first-order valence-electron chi connectivity index (χ1n) is 9.27. The number of aryl methyl sites for hydroxylation is 1. The van der Waals surface area contributed by atoms with Crippen molar-refractivity contribution in [2.24, 2.45) is 0 Å². The van der Waals surface area contributed by atoms with Crippen LogP contribution in [0.4, 0.5) is 0 Å². The zero-order valence-corrected chi connectivity index (χ0v) is 14.8. The van der Waals surface area contributed by atoms with Crippen molar-refractivity contribution in [2.45, 2.75) is 31.7 Å². The molecule has 26 heavy (non-hydrogen) atoms. The SMILES string of the molecule is O=C(CCc1ccc2ccccc2c1)N1CCCC1c1ccc(O)cc1. The molecule has 0 radical (unpaired) electrons. The van der Waals surface area contributed by atoms with Crippen LogP contribution in [0.3, 0.4) is 0 Å². The fourth-order valence-electron chi connectivity index (χ4n) is 3.90. The van der Waals surface area contributed by atoms with Crippen LogP contribution in [0.2, 0.25) is 0 Å². The molecule has 1 aliphatic heterocycles. The van der Waals surface area contributed by atoms with Gasteiger partial charge in [0.15, 0.2) is 0 Å². The van der Waals surface area contributed by atoms with Crippen molar-refractivity contribution in [1.82, 2.24) is 4.90 Å². The van der Waals surface area contributed by atoms with E-state index in [2.05, 4.69) is 30.3 Å². The number of carbonyl (C=O) groups is 1. The third-order valence-corrected chi connectivity index (χ3v) is 5.29. The number of benzene rings is 3. The van der Waals surface area contributed by atoms with Gasteiger partial charge in [-0.05, 0) is 53.3 Å². The molecule has 0 aromatic heterocycles. The van der Waals surface area contributed by atoms with E-state index in [-0.39, 0.29) is 17.7 Å². The van der Waals surface area contributed by atoms with Gasteiger partial charge in [0, 0.05) is 13.0 Å². The number of hydrogen-bond acceptors (Lipinski definition) is 2. The van der Waals surface area contributed by atoms with Crippen LogP contribution in [0.25, 0.3) is 10.8 Å². The Kier molecular flexibility index (Phi) is 4.61. The van der Waals surface area contributed by atoms with E-state index >= 15 is 0 Å². The average molecular weight is 345 g/mol. The molecule has 1 aliphatic rings. The molecule has 3 heteroatoms. The van der Waals surface area contributed by atoms with Crippen LogP contribution in [0.5, 0.6) is 5.75 Å². The van der Waals surface area contributed by atoms with E-state index in [1.807, 2.05) is 29.2 Å². The molecule has 0 saturated carbocycles. The van der Waals surface area contributed by atoms with Gasteiger partial charge in [0.25, 0.3) is 0 Å². The molecule has 3 aromatic rings. The van der Waals surface area contributed by atoms with Gasteiger partial charge in [-0.2, -0.15) is 0 Å². The summed E-state index contributed by atoms with van der Waals surface area (Å²) < 4.78 is 0. The van der Waals surface area contributed by atoms with Gasteiger partial charge < -0.3 is 10.0 Å². The van der Waals surface area contributed by atoms with Gasteiger partial charge in [-0.25, -0.2) is 0 Å². The summed E-state index contributed by atoms with van der Waals surface area (Å²) in [5.41, 5.74) is 2.32. The highest BCUT2D eigenvalue weighted by molar-refractivity contribution is 5.83. The number of rotatable bonds is 4. The number of phenols is 1. The van der Waals surface area contributed by atoms with Gasteiger partial charge in [-0.3, -0.25) is 4.79 Å². The lowest BCUT2D eigenvalue weighted by molar-refractivity contribution is -0.132. The summed E-state index contributed by atoms with van der Waals surface area (Å²) in [7, 11) is 0. The molecule has 1 unspecified atom stereocenters. The normalized spacial score (nSPS) is 16.9. The predicted octanol–water partition coefficient (Wildman–Crippen LogP) is 4.84. The van der Waals surface area contributed by atoms with E-state index in [0.717, 1.165) is 31.4 Å². The summed E-state index contributed by atoms with van der Waals surface area (Å²) >= 11 is 0. The Morgan fingerprint density at radius 3 is 2.58 bits per heavy atom. The van der Waals surface area contributed by atoms with E-state index in [9.17, 15) is 9.90 Å². The Balaban J connectivity index is 1.44. The quantitative estimate of drug-likeness (QED) is 0.735. The summed E-state index contributed by atoms with van der Waals surface area (Å²) in [6.07, 6.45) is 3.33. The lowest BCUT2D eigenvalue weighted by Gasteiger charge is -2.25. The lowest BCUT2D eigenvalue weighted by Crippen LogP contribution is -2.30. The fourth-order valence-corrected chi connectivity index (χ4v) is 3.90. The van der Waals surface area contributed by atoms with Crippen molar-refractivity contribution in [3.8, 4) is 5.75 Å². The number of phenolic OH excluding ortho intramolecular Hbond substituents is 1. The molecule has 1 fully saturated rings. The van der Waals surface area contributed by atoms with E-state index in [0.29, 0.717) is 6.42 Å². The van der Waals surface area contributed by atoms with Crippen LogP contribution < -0.4 is 0 Å². The second-order valence-electron chi connectivity index (χ2n) is 7.02. The first-order chi connectivity index (χ1) is 12.7. The third-order valence-electron chi connectivity index (χ3n) is 5.29. The Bertz CT molecular complexity index is 917. The zero-order chi connectivity index (χ0) is 17.9. The number of nitrogens with zero attached hydrogens (tertiary/aromatic N) is 1. The Morgan fingerprint density at radius 2 is 1.77 bits per heavy atom. The van der Waals surface area contributed by atoms with E-state index in [4.69, 9.17) is 0 Å². The number of fused-ring (bicyclic) bond motifs is 1. The molecule has 3 nitrogen and oxygen atoms in total. The summed E-state index contributed by atoms with van der Waals surface area (Å²) in [4.78, 5) is 14.8. The molecule has 1 atom stereocenters. The minimum atomic E-state index is 0.139. The lowest BCUT2D eigenvalue weighted by atomic mass is 10.0. The first-order valence-corrected chi connectivity index (χ1v) is 9.27. The molecule has 1 saturated heterocycles. The zero-order valence-electron chi connectivity index (χ0n) is 14.8. The maximum Gasteiger partial charge on any atom is 0.223 e. The summed E-state index contributed by atoms with van der Waals surface area (Å²) in [5.74, 6) is 0.481. The highest BCUT2D eigenvalue weighted by atomic mass is 16.3. The van der Waals surface area contributed by atoms with E-state index in [1.54, 1.807) is 12.1 Å². The van der Waals surface area contributed by atoms with Crippen LogP contribution in [0, 0.1) is 0 Å². The van der Waals surface area contributed by atoms with Gasteiger partial charge >= 0.3 is 0 Å². The summed E-state index contributed by atoms with van der Waals surface area (Å²) in [5, 5.41) is 11.9. The average Bonchev–Trinajstić information content (AvgIpc) is 3.16. The number of carbonyl (C=O) groups excluding carboxylic acids is 1. The Morgan fingerprint density at radius 1 is 1.00 bits per heavy atom. The Labute approximate surface area is 153 Å². The second-order valence-corrected chi connectivity index (χ2v) is 7.02. The maximum atomic E-state index is 12.8. The molecule has 1 N–H and O–H groups in total. The molecule has 1 amide bonds. The molecule has 132 valence electrons. The number of aromatic hydroxyl groups is 1. The molecular formula is C23H23NO2. The second kappa shape index (κ2) is 7.20. The maximum absolute atomic E-state index is 12.8. The molecule has 1 heterocycles. The third kappa shape index (κ3) is 3.43. The van der Waals surface area contributed by atoms with Crippen LogP contribution >= 0.6 is 0 Å². The standard InChI is InChI=1S/C23H23NO2/c25-21-12-10-19(11-13-21)22-6-3-15-24(22)23(26)14-8-17-7-9-18-4-1-2-5-20(18)16-17/h1-2,4-5,7,9-13,16,22,25H,3,6,8,14-15H2. The first kappa shape index (κ1) is 16.6. The molecule has 0 aliphatic carbocycles. The molecular weight excluding hydrogens is 322 g/mol. The predicted molar refractivity (Wildman–Crippen MR) is 104 cm³/mol. The van der Waals surface area contributed by atoms with Crippen molar-refractivity contribution < 1.29 is 9.90 Å². The molecule has 0 bridgehead atoms. The van der Waals surface area contributed by atoms with Gasteiger partial charge in [0.05, 0.1) is 6.04 Å². The highest BCUT2D eigenvalue weighted by Gasteiger charge is 2.29. The van der Waals surface area contributed by atoms with Gasteiger partial charge in [0.2, 0.25) is 5.91 Å². The smallest absolute Gasteiger partial charge is 0.223 e. The van der Waals surface area contributed by atoms with Gasteiger partial charge in [0.1, 0.15) is 5.75 Å². The topological polar surface area (TPSA) is 40.5 Å². The fraction of sp³-hybridized carbons (Fsp3) is 0.261. The number of hydrogen-bond donors (Lipinski definition) is 1. The summed E-state index contributed by atoms with van der Waals surface area (Å²) in [6, 6.07) is 22.1. The Hall–Kier alpha value is -2.81. The van der Waals surface area contributed by atoms with Crippen molar-refractivity contribution in [3.63, 3.8) is 0 Å². The number of likely N-dealkylation sites (tertiary alicyclic amines) is 1. The monoisotopic (exact) mass is 345 g/mol. The molecule has 4 rings (SSSR count).